The summed E-state index contributed by atoms with van der Waals surface area (Å²) in [5, 5.41) is 8.46. The molecular formula is C15H19N3O5. The van der Waals surface area contributed by atoms with E-state index in [9.17, 15) is 9.59 Å². The van der Waals surface area contributed by atoms with Gasteiger partial charge in [0.1, 0.15) is 6.42 Å². The number of benzene rings is 1. The Balaban J connectivity index is 1.49. The number of ether oxygens (including phenoxy) is 2. The third-order valence-corrected chi connectivity index (χ3v) is 4.00. The smallest absolute Gasteiger partial charge is 0.252 e. The standard InChI is InChI=1S/C15H19N3O5/c19-14(16-21)8-15(20)18-5-3-17(4-6-18)9-11-1-2-12-13(7-11)23-10-22-12/h1-2,7,21H,3-6,8-10H2,(H,16,19). The number of piperazine rings is 1. The van der Waals surface area contributed by atoms with E-state index in [1.165, 1.54) is 5.48 Å². The number of hydroxylamine groups is 1. The van der Waals surface area contributed by atoms with Gasteiger partial charge in [0.05, 0.1) is 0 Å². The quantitative estimate of drug-likeness (QED) is 0.459. The van der Waals surface area contributed by atoms with Crippen LogP contribution in [0.5, 0.6) is 11.5 Å². The number of hydrogen-bond donors (Lipinski definition) is 2. The first-order valence-electron chi connectivity index (χ1n) is 7.47. The summed E-state index contributed by atoms with van der Waals surface area (Å²) in [6.07, 6.45) is -0.321. The second kappa shape index (κ2) is 6.84. The molecule has 23 heavy (non-hydrogen) atoms. The highest BCUT2D eigenvalue weighted by Crippen LogP contribution is 2.32. The normalized spacial score (nSPS) is 17.2. The Morgan fingerprint density at radius 1 is 1.13 bits per heavy atom. The van der Waals surface area contributed by atoms with Crippen LogP contribution in [0.1, 0.15) is 12.0 Å². The molecule has 0 saturated carbocycles. The Morgan fingerprint density at radius 2 is 1.87 bits per heavy atom. The number of nitrogens with one attached hydrogen (secondary N) is 1. The van der Waals surface area contributed by atoms with E-state index < -0.39 is 5.91 Å². The molecule has 124 valence electrons. The number of nitrogens with zero attached hydrogens (tertiary/aromatic N) is 2. The number of hydrogen-bond acceptors (Lipinski definition) is 6. The number of fused-ring (bicyclic) bond motifs is 1. The van der Waals surface area contributed by atoms with Crippen LogP contribution < -0.4 is 15.0 Å². The molecule has 0 aliphatic carbocycles. The van der Waals surface area contributed by atoms with Crippen LogP contribution in [0, 0.1) is 0 Å². The zero-order valence-electron chi connectivity index (χ0n) is 12.7. The van der Waals surface area contributed by atoms with E-state index in [0.29, 0.717) is 13.1 Å². The fraction of sp³-hybridized carbons (Fsp3) is 0.467. The second-order valence-electron chi connectivity index (χ2n) is 5.56. The van der Waals surface area contributed by atoms with E-state index in [4.69, 9.17) is 14.7 Å². The number of carbonyl (C=O) groups excluding carboxylic acids is 2. The molecule has 2 N–H and O–H groups in total. The van der Waals surface area contributed by atoms with Gasteiger partial charge in [0.2, 0.25) is 12.7 Å². The average molecular weight is 321 g/mol. The van der Waals surface area contributed by atoms with Crippen molar-refractivity contribution in [3.63, 3.8) is 0 Å². The molecule has 2 heterocycles. The third kappa shape index (κ3) is 3.72. The minimum Gasteiger partial charge on any atom is -0.454 e. The van der Waals surface area contributed by atoms with Crippen molar-refractivity contribution in [2.24, 2.45) is 0 Å². The summed E-state index contributed by atoms with van der Waals surface area (Å²) in [4.78, 5) is 26.8. The molecular weight excluding hydrogens is 302 g/mol. The van der Waals surface area contributed by atoms with Gasteiger partial charge in [0, 0.05) is 32.7 Å². The van der Waals surface area contributed by atoms with Crippen LogP contribution in [0.3, 0.4) is 0 Å². The first-order chi connectivity index (χ1) is 11.2. The maximum absolute atomic E-state index is 11.9. The van der Waals surface area contributed by atoms with Crippen LogP contribution in [-0.2, 0) is 16.1 Å². The predicted octanol–water partition coefficient (Wildman–Crippen LogP) is -0.0450. The average Bonchev–Trinajstić information content (AvgIpc) is 3.03. The van der Waals surface area contributed by atoms with Crippen molar-refractivity contribution in [2.75, 3.05) is 33.0 Å². The van der Waals surface area contributed by atoms with Gasteiger partial charge in [-0.15, -0.1) is 0 Å². The van der Waals surface area contributed by atoms with E-state index in [-0.39, 0.29) is 19.1 Å². The summed E-state index contributed by atoms with van der Waals surface area (Å²) in [6.45, 7) is 3.66. The molecule has 2 amide bonds. The molecule has 1 fully saturated rings. The summed E-state index contributed by atoms with van der Waals surface area (Å²) < 4.78 is 10.7. The molecule has 2 aliphatic heterocycles. The highest BCUT2D eigenvalue weighted by atomic mass is 16.7. The number of carbonyl (C=O) groups is 2. The number of amides is 2. The fourth-order valence-corrected chi connectivity index (χ4v) is 2.74. The molecule has 2 aliphatic rings. The van der Waals surface area contributed by atoms with Crippen LogP contribution in [0.15, 0.2) is 18.2 Å². The summed E-state index contributed by atoms with van der Waals surface area (Å²) in [5.74, 6) is 0.592. The topological polar surface area (TPSA) is 91.3 Å². The van der Waals surface area contributed by atoms with Crippen LogP contribution in [0.4, 0.5) is 0 Å². The molecule has 0 spiro atoms. The van der Waals surface area contributed by atoms with E-state index >= 15 is 0 Å². The van der Waals surface area contributed by atoms with Crippen molar-refractivity contribution in [1.29, 1.82) is 0 Å². The molecule has 0 unspecified atom stereocenters. The van der Waals surface area contributed by atoms with Gasteiger partial charge in [-0.2, -0.15) is 0 Å². The monoisotopic (exact) mass is 321 g/mol. The van der Waals surface area contributed by atoms with Gasteiger partial charge < -0.3 is 14.4 Å². The fourth-order valence-electron chi connectivity index (χ4n) is 2.74. The minimum atomic E-state index is -0.683. The SMILES string of the molecule is O=C(CC(=O)N1CCN(Cc2ccc3c(c2)OCO3)CC1)NO. The van der Waals surface area contributed by atoms with Crippen molar-refractivity contribution in [3.05, 3.63) is 23.8 Å². The van der Waals surface area contributed by atoms with E-state index in [1.54, 1.807) is 4.90 Å². The van der Waals surface area contributed by atoms with Gasteiger partial charge in [0.15, 0.2) is 11.5 Å². The summed E-state index contributed by atoms with van der Waals surface area (Å²) in [6, 6.07) is 5.90. The Bertz CT molecular complexity index is 599. The lowest BCUT2D eigenvalue weighted by atomic mass is 10.1. The van der Waals surface area contributed by atoms with E-state index in [2.05, 4.69) is 4.90 Å². The van der Waals surface area contributed by atoms with Gasteiger partial charge in [-0.05, 0) is 17.7 Å². The summed E-state index contributed by atoms with van der Waals surface area (Å²) >= 11 is 0. The Labute approximate surface area is 133 Å². The van der Waals surface area contributed by atoms with Gasteiger partial charge in [-0.25, -0.2) is 5.48 Å². The molecule has 0 aromatic heterocycles. The van der Waals surface area contributed by atoms with E-state index in [1.807, 2.05) is 18.2 Å². The zero-order chi connectivity index (χ0) is 16.2. The second-order valence-corrected chi connectivity index (χ2v) is 5.56. The summed E-state index contributed by atoms with van der Waals surface area (Å²) in [5.41, 5.74) is 2.61. The van der Waals surface area contributed by atoms with Crippen molar-refractivity contribution < 1.29 is 24.3 Å². The lowest BCUT2D eigenvalue weighted by molar-refractivity contribution is -0.140. The minimum absolute atomic E-state index is 0.265. The zero-order valence-corrected chi connectivity index (χ0v) is 12.7. The lowest BCUT2D eigenvalue weighted by Gasteiger charge is -2.34. The molecule has 3 rings (SSSR count). The van der Waals surface area contributed by atoms with Gasteiger partial charge >= 0.3 is 0 Å². The van der Waals surface area contributed by atoms with E-state index in [0.717, 1.165) is 36.7 Å². The molecule has 1 aromatic rings. The van der Waals surface area contributed by atoms with Crippen LogP contribution in [0.25, 0.3) is 0 Å². The van der Waals surface area contributed by atoms with Crippen LogP contribution in [0.2, 0.25) is 0 Å². The summed E-state index contributed by atoms with van der Waals surface area (Å²) in [7, 11) is 0. The molecule has 8 nitrogen and oxygen atoms in total. The maximum Gasteiger partial charge on any atom is 0.252 e. The molecule has 0 atom stereocenters. The van der Waals surface area contributed by atoms with Crippen LogP contribution >= 0.6 is 0 Å². The Hall–Kier alpha value is -2.32. The molecule has 0 bridgehead atoms. The van der Waals surface area contributed by atoms with Crippen molar-refractivity contribution in [3.8, 4) is 11.5 Å². The van der Waals surface area contributed by atoms with Crippen molar-refractivity contribution in [2.45, 2.75) is 13.0 Å². The molecule has 1 saturated heterocycles. The first kappa shape index (κ1) is 15.6. The Kier molecular flexibility index (Phi) is 4.63. The largest absolute Gasteiger partial charge is 0.454 e. The molecule has 1 aromatic carbocycles. The van der Waals surface area contributed by atoms with Gasteiger partial charge in [-0.3, -0.25) is 19.7 Å². The first-order valence-corrected chi connectivity index (χ1v) is 7.47. The van der Waals surface area contributed by atoms with Gasteiger partial charge in [0.25, 0.3) is 5.91 Å². The highest BCUT2D eigenvalue weighted by Gasteiger charge is 2.23. The highest BCUT2D eigenvalue weighted by molar-refractivity contribution is 5.96. The Morgan fingerprint density at radius 3 is 2.61 bits per heavy atom. The molecule has 0 radical (unpaired) electrons. The molecule has 8 heteroatoms. The third-order valence-electron chi connectivity index (χ3n) is 4.00. The predicted molar refractivity (Wildman–Crippen MR) is 79.0 cm³/mol. The maximum atomic E-state index is 11.9. The lowest BCUT2D eigenvalue weighted by Crippen LogP contribution is -2.49. The van der Waals surface area contributed by atoms with Gasteiger partial charge in [-0.1, -0.05) is 6.07 Å². The number of rotatable bonds is 4. The van der Waals surface area contributed by atoms with Crippen molar-refractivity contribution in [1.82, 2.24) is 15.3 Å². The van der Waals surface area contributed by atoms with Crippen molar-refractivity contribution >= 4 is 11.8 Å². The van der Waals surface area contributed by atoms with Crippen LogP contribution in [-0.4, -0.2) is 59.8 Å².